The standard InChI is InChI=1S/C18H18Cl2N2O3/c1-25-9-8-21-17(23)10-12-2-5-14(6-3-12)22-18(24)15-11-13(19)4-7-16(15)20/h2-7,11H,8-10H2,1H3,(H,21,23)(H,22,24). The first-order chi connectivity index (χ1) is 12.0. The van der Waals surface area contributed by atoms with E-state index in [9.17, 15) is 9.59 Å². The molecule has 0 bridgehead atoms. The normalized spacial score (nSPS) is 10.4. The zero-order chi connectivity index (χ0) is 18.2. The van der Waals surface area contributed by atoms with Gasteiger partial charge in [0.05, 0.1) is 23.6 Å². The molecule has 5 nitrogen and oxygen atoms in total. The first-order valence-electron chi connectivity index (χ1n) is 7.60. The van der Waals surface area contributed by atoms with Gasteiger partial charge in [-0.05, 0) is 35.9 Å². The van der Waals surface area contributed by atoms with Gasteiger partial charge in [-0.1, -0.05) is 35.3 Å². The van der Waals surface area contributed by atoms with E-state index in [0.29, 0.717) is 34.4 Å². The van der Waals surface area contributed by atoms with E-state index < -0.39 is 0 Å². The fourth-order valence-corrected chi connectivity index (χ4v) is 2.49. The summed E-state index contributed by atoms with van der Waals surface area (Å²) in [5.74, 6) is -0.433. The first kappa shape index (κ1) is 19.2. The Bertz CT molecular complexity index is 748. The van der Waals surface area contributed by atoms with Gasteiger partial charge in [0.2, 0.25) is 5.91 Å². The van der Waals surface area contributed by atoms with Crippen molar-refractivity contribution in [1.82, 2.24) is 5.32 Å². The summed E-state index contributed by atoms with van der Waals surface area (Å²) in [6, 6.07) is 11.7. The average molecular weight is 381 g/mol. The van der Waals surface area contributed by atoms with E-state index in [1.807, 2.05) is 0 Å². The SMILES string of the molecule is COCCNC(=O)Cc1ccc(NC(=O)c2cc(Cl)ccc2Cl)cc1. The predicted molar refractivity (Wildman–Crippen MR) is 99.4 cm³/mol. The molecule has 0 aliphatic carbocycles. The van der Waals surface area contributed by atoms with E-state index in [0.717, 1.165) is 5.56 Å². The number of benzene rings is 2. The fraction of sp³-hybridized carbons (Fsp3) is 0.222. The number of rotatable bonds is 7. The molecule has 2 aromatic carbocycles. The number of amides is 2. The second-order valence-electron chi connectivity index (χ2n) is 5.29. The van der Waals surface area contributed by atoms with Crippen LogP contribution < -0.4 is 10.6 Å². The van der Waals surface area contributed by atoms with Crippen molar-refractivity contribution in [3.8, 4) is 0 Å². The number of carbonyl (C=O) groups excluding carboxylic acids is 2. The number of hydrogen-bond acceptors (Lipinski definition) is 3. The molecule has 0 atom stereocenters. The zero-order valence-electron chi connectivity index (χ0n) is 13.6. The Hall–Kier alpha value is -2.08. The summed E-state index contributed by atoms with van der Waals surface area (Å²) in [6.45, 7) is 0.951. The highest BCUT2D eigenvalue weighted by Crippen LogP contribution is 2.22. The number of carbonyl (C=O) groups is 2. The van der Waals surface area contributed by atoms with Crippen LogP contribution in [0.2, 0.25) is 10.0 Å². The molecule has 25 heavy (non-hydrogen) atoms. The third kappa shape index (κ3) is 6.05. The van der Waals surface area contributed by atoms with Crippen molar-refractivity contribution in [2.45, 2.75) is 6.42 Å². The van der Waals surface area contributed by atoms with E-state index in [2.05, 4.69) is 10.6 Å². The lowest BCUT2D eigenvalue weighted by atomic mass is 10.1. The minimum Gasteiger partial charge on any atom is -0.383 e. The minimum absolute atomic E-state index is 0.0838. The average Bonchev–Trinajstić information content (AvgIpc) is 2.59. The number of hydrogen-bond donors (Lipinski definition) is 2. The molecule has 0 aliphatic heterocycles. The molecule has 0 saturated heterocycles. The van der Waals surface area contributed by atoms with Crippen LogP contribution in [0.5, 0.6) is 0 Å². The summed E-state index contributed by atoms with van der Waals surface area (Å²) < 4.78 is 4.87. The van der Waals surface area contributed by atoms with Crippen molar-refractivity contribution >= 4 is 40.7 Å². The van der Waals surface area contributed by atoms with E-state index in [-0.39, 0.29) is 18.2 Å². The summed E-state index contributed by atoms with van der Waals surface area (Å²) >= 11 is 11.9. The molecule has 0 spiro atoms. The van der Waals surface area contributed by atoms with Crippen LogP contribution >= 0.6 is 23.2 Å². The number of nitrogens with one attached hydrogen (secondary N) is 2. The summed E-state index contributed by atoms with van der Waals surface area (Å²) in [4.78, 5) is 24.0. The topological polar surface area (TPSA) is 67.4 Å². The van der Waals surface area contributed by atoms with Crippen molar-refractivity contribution in [3.05, 3.63) is 63.6 Å². The molecule has 2 rings (SSSR count). The van der Waals surface area contributed by atoms with Gasteiger partial charge in [-0.2, -0.15) is 0 Å². The Labute approximate surface area is 156 Å². The first-order valence-corrected chi connectivity index (χ1v) is 8.36. The molecular formula is C18H18Cl2N2O3. The Kier molecular flexibility index (Phi) is 7.25. The molecule has 0 fully saturated rings. The summed E-state index contributed by atoms with van der Waals surface area (Å²) in [6.07, 6.45) is 0.262. The van der Waals surface area contributed by atoms with Gasteiger partial charge in [0.1, 0.15) is 0 Å². The molecule has 132 valence electrons. The second kappa shape index (κ2) is 9.42. The number of methoxy groups -OCH3 is 1. The lowest BCUT2D eigenvalue weighted by Gasteiger charge is -2.08. The van der Waals surface area contributed by atoms with E-state index >= 15 is 0 Å². The van der Waals surface area contributed by atoms with Crippen LogP contribution in [0.25, 0.3) is 0 Å². The lowest BCUT2D eigenvalue weighted by Crippen LogP contribution is -2.28. The van der Waals surface area contributed by atoms with Crippen molar-refractivity contribution < 1.29 is 14.3 Å². The molecular weight excluding hydrogens is 363 g/mol. The van der Waals surface area contributed by atoms with Crippen LogP contribution in [0.4, 0.5) is 5.69 Å². The van der Waals surface area contributed by atoms with Gasteiger partial charge < -0.3 is 15.4 Å². The van der Waals surface area contributed by atoms with Crippen LogP contribution in [0.3, 0.4) is 0 Å². The van der Waals surface area contributed by atoms with Gasteiger partial charge in [-0.25, -0.2) is 0 Å². The van der Waals surface area contributed by atoms with Crippen LogP contribution in [0.15, 0.2) is 42.5 Å². The van der Waals surface area contributed by atoms with Crippen molar-refractivity contribution in [1.29, 1.82) is 0 Å². The molecule has 7 heteroatoms. The van der Waals surface area contributed by atoms with Gasteiger partial charge in [0.25, 0.3) is 5.91 Å². The van der Waals surface area contributed by atoms with Crippen molar-refractivity contribution in [3.63, 3.8) is 0 Å². The van der Waals surface area contributed by atoms with E-state index in [4.69, 9.17) is 27.9 Å². The number of anilines is 1. The molecule has 0 heterocycles. The molecule has 0 unspecified atom stereocenters. The van der Waals surface area contributed by atoms with Crippen molar-refractivity contribution in [2.75, 3.05) is 25.6 Å². The Morgan fingerprint density at radius 2 is 1.80 bits per heavy atom. The highest BCUT2D eigenvalue weighted by molar-refractivity contribution is 6.36. The quantitative estimate of drug-likeness (QED) is 0.721. The Morgan fingerprint density at radius 3 is 2.48 bits per heavy atom. The predicted octanol–water partition coefficient (Wildman–Crippen LogP) is 3.55. The van der Waals surface area contributed by atoms with Crippen molar-refractivity contribution in [2.24, 2.45) is 0 Å². The van der Waals surface area contributed by atoms with Gasteiger partial charge >= 0.3 is 0 Å². The third-order valence-corrected chi connectivity index (χ3v) is 3.94. The maximum atomic E-state index is 12.3. The lowest BCUT2D eigenvalue weighted by molar-refractivity contribution is -0.120. The van der Waals surface area contributed by atoms with Crippen LogP contribution in [0, 0.1) is 0 Å². The van der Waals surface area contributed by atoms with Gasteiger partial charge in [-0.15, -0.1) is 0 Å². The molecule has 2 amide bonds. The highest BCUT2D eigenvalue weighted by Gasteiger charge is 2.11. The maximum absolute atomic E-state index is 12.3. The van der Waals surface area contributed by atoms with E-state index in [1.54, 1.807) is 43.5 Å². The minimum atomic E-state index is -0.349. The second-order valence-corrected chi connectivity index (χ2v) is 6.14. The highest BCUT2D eigenvalue weighted by atomic mass is 35.5. The van der Waals surface area contributed by atoms with Crippen LogP contribution in [-0.4, -0.2) is 32.1 Å². The largest absolute Gasteiger partial charge is 0.383 e. The van der Waals surface area contributed by atoms with Crippen LogP contribution in [0.1, 0.15) is 15.9 Å². The number of halogens is 2. The smallest absolute Gasteiger partial charge is 0.257 e. The van der Waals surface area contributed by atoms with Gasteiger partial charge in [0.15, 0.2) is 0 Å². The zero-order valence-corrected chi connectivity index (χ0v) is 15.2. The van der Waals surface area contributed by atoms with E-state index in [1.165, 1.54) is 6.07 Å². The van der Waals surface area contributed by atoms with Crippen LogP contribution in [-0.2, 0) is 16.0 Å². The molecule has 0 aromatic heterocycles. The molecule has 0 saturated carbocycles. The molecule has 0 aliphatic rings. The molecule has 2 aromatic rings. The van der Waals surface area contributed by atoms with Gasteiger partial charge in [-0.3, -0.25) is 9.59 Å². The summed E-state index contributed by atoms with van der Waals surface area (Å²) in [5.41, 5.74) is 1.74. The summed E-state index contributed by atoms with van der Waals surface area (Å²) in [7, 11) is 1.58. The van der Waals surface area contributed by atoms with Gasteiger partial charge in [0, 0.05) is 24.4 Å². The molecule has 0 radical (unpaired) electrons. The maximum Gasteiger partial charge on any atom is 0.257 e. The Balaban J connectivity index is 1.94. The molecule has 2 N–H and O–H groups in total. The monoisotopic (exact) mass is 380 g/mol. The fourth-order valence-electron chi connectivity index (χ4n) is 2.12. The summed E-state index contributed by atoms with van der Waals surface area (Å²) in [5, 5.41) is 6.26. The Morgan fingerprint density at radius 1 is 1.08 bits per heavy atom. The third-order valence-electron chi connectivity index (χ3n) is 3.38. The number of ether oxygens (including phenoxy) is 1.